The highest BCUT2D eigenvalue weighted by Crippen LogP contribution is 2.42. The number of ketones is 1. The van der Waals surface area contributed by atoms with E-state index in [-0.39, 0.29) is 12.2 Å². The molecule has 4 rings (SSSR count). The Kier molecular flexibility index (Phi) is 4.91. The average Bonchev–Trinajstić information content (AvgIpc) is 2.94. The molecule has 0 radical (unpaired) electrons. The van der Waals surface area contributed by atoms with Gasteiger partial charge in [0.2, 0.25) is 0 Å². The molecule has 1 atom stereocenters. The van der Waals surface area contributed by atoms with Crippen molar-refractivity contribution in [1.29, 1.82) is 0 Å². The lowest BCUT2D eigenvalue weighted by atomic mass is 9.88. The molecule has 0 unspecified atom stereocenters. The van der Waals surface area contributed by atoms with E-state index in [1.807, 2.05) is 36.4 Å². The van der Waals surface area contributed by atoms with Gasteiger partial charge in [-0.1, -0.05) is 60.7 Å². The third-order valence-electron chi connectivity index (χ3n) is 5.33. The Morgan fingerprint density at radius 1 is 0.966 bits per heavy atom. The average molecular weight is 386 g/mol. The number of nitrogens with zero attached hydrogens (tertiary/aromatic N) is 1. The summed E-state index contributed by atoms with van der Waals surface area (Å²) in [5, 5.41) is 11.3. The van der Waals surface area contributed by atoms with E-state index in [0.29, 0.717) is 35.5 Å². The minimum Gasteiger partial charge on any atom is -0.399 e. The Hall–Kier alpha value is -3.44. The Morgan fingerprint density at radius 2 is 1.69 bits per heavy atom. The number of fused-ring (bicyclic) bond motifs is 1. The number of para-hydroxylation sites is 1. The maximum Gasteiger partial charge on any atom is 0.264 e. The van der Waals surface area contributed by atoms with E-state index in [1.54, 1.807) is 47.4 Å². The lowest BCUT2D eigenvalue weighted by Crippen LogP contribution is -2.42. The van der Waals surface area contributed by atoms with Crippen molar-refractivity contribution in [2.24, 2.45) is 0 Å². The van der Waals surface area contributed by atoms with Crippen LogP contribution in [0.25, 0.3) is 0 Å². The summed E-state index contributed by atoms with van der Waals surface area (Å²) in [4.78, 5) is 27.6. The highest BCUT2D eigenvalue weighted by atomic mass is 16.3. The summed E-state index contributed by atoms with van der Waals surface area (Å²) in [7, 11) is 0. The van der Waals surface area contributed by atoms with E-state index in [9.17, 15) is 14.7 Å². The standard InChI is InChI=1S/C24H22N2O3/c25-19-10-6-9-18(15-19)22(27)16-24(29)20-11-4-5-12-21(20)26(23(24)28)14-13-17-7-2-1-3-8-17/h1-12,15,29H,13-14,16,25H2/t24-/m0/s1. The summed E-state index contributed by atoms with van der Waals surface area (Å²) >= 11 is 0. The van der Waals surface area contributed by atoms with Crippen LogP contribution in [-0.4, -0.2) is 23.3 Å². The van der Waals surface area contributed by atoms with Crippen LogP contribution < -0.4 is 10.6 Å². The molecule has 1 aliphatic heterocycles. The summed E-state index contributed by atoms with van der Waals surface area (Å²) in [5.74, 6) is -0.792. The molecule has 0 spiro atoms. The molecule has 5 heteroatoms. The van der Waals surface area contributed by atoms with Gasteiger partial charge < -0.3 is 15.7 Å². The van der Waals surface area contributed by atoms with Crippen LogP contribution in [0.3, 0.4) is 0 Å². The zero-order chi connectivity index (χ0) is 20.4. The van der Waals surface area contributed by atoms with Crippen LogP contribution >= 0.6 is 0 Å². The van der Waals surface area contributed by atoms with Gasteiger partial charge in [-0.3, -0.25) is 9.59 Å². The third-order valence-corrected chi connectivity index (χ3v) is 5.33. The normalized spacial score (nSPS) is 18.0. The predicted octanol–water partition coefficient (Wildman–Crippen LogP) is 3.32. The Morgan fingerprint density at radius 3 is 2.45 bits per heavy atom. The fourth-order valence-corrected chi connectivity index (χ4v) is 3.83. The molecule has 0 fully saturated rings. The molecule has 1 aliphatic rings. The highest BCUT2D eigenvalue weighted by molar-refractivity contribution is 6.10. The lowest BCUT2D eigenvalue weighted by Gasteiger charge is -2.23. The molecule has 5 nitrogen and oxygen atoms in total. The maximum atomic E-state index is 13.2. The summed E-state index contributed by atoms with van der Waals surface area (Å²) < 4.78 is 0. The third kappa shape index (κ3) is 3.52. The number of nitrogens with two attached hydrogens (primary N) is 1. The first-order chi connectivity index (χ1) is 14.0. The number of nitrogen functional groups attached to an aromatic ring is 1. The Balaban J connectivity index is 1.61. The van der Waals surface area contributed by atoms with Crippen molar-refractivity contribution in [3.05, 3.63) is 95.6 Å². The Labute approximate surface area is 169 Å². The SMILES string of the molecule is Nc1cccc(C(=O)C[C@@]2(O)C(=O)N(CCc3ccccc3)c3ccccc32)c1. The second-order valence-corrected chi connectivity index (χ2v) is 7.30. The van der Waals surface area contributed by atoms with Crippen molar-refractivity contribution in [3.8, 4) is 0 Å². The number of aliphatic hydroxyl groups is 1. The van der Waals surface area contributed by atoms with Crippen molar-refractivity contribution >= 4 is 23.1 Å². The molecule has 29 heavy (non-hydrogen) atoms. The number of Topliss-reactive ketones (excluding diaryl/α,β-unsaturated/α-hetero) is 1. The van der Waals surface area contributed by atoms with Gasteiger partial charge in [-0.15, -0.1) is 0 Å². The van der Waals surface area contributed by atoms with Gasteiger partial charge in [-0.25, -0.2) is 0 Å². The minimum absolute atomic E-state index is 0.325. The zero-order valence-electron chi connectivity index (χ0n) is 15.9. The van der Waals surface area contributed by atoms with E-state index in [1.165, 1.54) is 0 Å². The van der Waals surface area contributed by atoms with Gasteiger partial charge in [0.25, 0.3) is 5.91 Å². The molecule has 1 amide bonds. The molecule has 0 saturated carbocycles. The quantitative estimate of drug-likeness (QED) is 0.503. The molecule has 0 aliphatic carbocycles. The van der Waals surface area contributed by atoms with Gasteiger partial charge in [0.1, 0.15) is 0 Å². The second-order valence-electron chi connectivity index (χ2n) is 7.30. The van der Waals surface area contributed by atoms with Crippen LogP contribution in [0.15, 0.2) is 78.9 Å². The number of benzene rings is 3. The number of carbonyl (C=O) groups excluding carboxylic acids is 2. The zero-order valence-corrected chi connectivity index (χ0v) is 15.9. The molecule has 0 bridgehead atoms. The summed E-state index contributed by atoms with van der Waals surface area (Å²) in [6, 6.07) is 23.5. The van der Waals surface area contributed by atoms with Crippen molar-refractivity contribution < 1.29 is 14.7 Å². The fourth-order valence-electron chi connectivity index (χ4n) is 3.83. The lowest BCUT2D eigenvalue weighted by molar-refractivity contribution is -0.135. The molecular weight excluding hydrogens is 364 g/mol. The summed E-state index contributed by atoms with van der Waals surface area (Å²) in [6.45, 7) is 0.425. The first kappa shape index (κ1) is 18.9. The first-order valence-electron chi connectivity index (χ1n) is 9.55. The smallest absolute Gasteiger partial charge is 0.264 e. The molecule has 1 heterocycles. The Bertz CT molecular complexity index is 1060. The molecule has 0 aromatic heterocycles. The maximum absolute atomic E-state index is 13.2. The van der Waals surface area contributed by atoms with Crippen molar-refractivity contribution in [3.63, 3.8) is 0 Å². The number of hydrogen-bond acceptors (Lipinski definition) is 4. The molecule has 3 N–H and O–H groups in total. The van der Waals surface area contributed by atoms with E-state index in [4.69, 9.17) is 5.73 Å². The van der Waals surface area contributed by atoms with Crippen LogP contribution in [0.2, 0.25) is 0 Å². The molecule has 146 valence electrons. The number of carbonyl (C=O) groups is 2. The molecule has 0 saturated heterocycles. The van der Waals surface area contributed by atoms with Crippen molar-refractivity contribution in [1.82, 2.24) is 0 Å². The molecule has 3 aromatic carbocycles. The van der Waals surface area contributed by atoms with Crippen LogP contribution in [0.4, 0.5) is 11.4 Å². The number of rotatable bonds is 6. The molecule has 3 aromatic rings. The summed E-state index contributed by atoms with van der Waals surface area (Å²) in [5.41, 5.74) is 6.95. The monoisotopic (exact) mass is 386 g/mol. The van der Waals surface area contributed by atoms with Crippen molar-refractivity contribution in [2.75, 3.05) is 17.2 Å². The van der Waals surface area contributed by atoms with Crippen LogP contribution in [0.1, 0.15) is 27.9 Å². The minimum atomic E-state index is -1.88. The largest absolute Gasteiger partial charge is 0.399 e. The van der Waals surface area contributed by atoms with Gasteiger partial charge in [0.15, 0.2) is 11.4 Å². The van der Waals surface area contributed by atoms with E-state index in [0.717, 1.165) is 5.56 Å². The predicted molar refractivity (Wildman–Crippen MR) is 113 cm³/mol. The number of amides is 1. The van der Waals surface area contributed by atoms with Gasteiger partial charge in [-0.2, -0.15) is 0 Å². The van der Waals surface area contributed by atoms with Gasteiger partial charge in [0, 0.05) is 23.4 Å². The second kappa shape index (κ2) is 7.53. The van der Waals surface area contributed by atoms with Gasteiger partial charge >= 0.3 is 0 Å². The van der Waals surface area contributed by atoms with Crippen LogP contribution in [-0.2, 0) is 16.8 Å². The first-order valence-corrected chi connectivity index (χ1v) is 9.55. The van der Waals surface area contributed by atoms with Crippen LogP contribution in [0, 0.1) is 0 Å². The summed E-state index contributed by atoms with van der Waals surface area (Å²) in [6.07, 6.45) is 0.328. The van der Waals surface area contributed by atoms with Gasteiger partial charge in [-0.05, 0) is 30.2 Å². The van der Waals surface area contributed by atoms with E-state index >= 15 is 0 Å². The fraction of sp³-hybridized carbons (Fsp3) is 0.167. The van der Waals surface area contributed by atoms with Gasteiger partial charge in [0.05, 0.1) is 12.1 Å². The number of anilines is 2. The highest BCUT2D eigenvalue weighted by Gasteiger charge is 2.50. The van der Waals surface area contributed by atoms with E-state index in [2.05, 4.69) is 0 Å². The van der Waals surface area contributed by atoms with Crippen molar-refractivity contribution in [2.45, 2.75) is 18.4 Å². The number of hydrogen-bond donors (Lipinski definition) is 2. The van der Waals surface area contributed by atoms with E-state index < -0.39 is 11.5 Å². The topological polar surface area (TPSA) is 83.6 Å². The molecular formula is C24H22N2O3. The van der Waals surface area contributed by atoms with Crippen LogP contribution in [0.5, 0.6) is 0 Å².